The van der Waals surface area contributed by atoms with Gasteiger partial charge in [0.1, 0.15) is 11.5 Å². The van der Waals surface area contributed by atoms with Gasteiger partial charge >= 0.3 is 0 Å². The molecule has 6 heteroatoms. The molecule has 1 aromatic heterocycles. The molecule has 1 aliphatic rings. The number of carbonyl (C=O) groups is 2. The predicted molar refractivity (Wildman–Crippen MR) is 132 cm³/mol. The van der Waals surface area contributed by atoms with Crippen LogP contribution >= 0.6 is 15.9 Å². The molecule has 0 fully saturated rings. The Bertz CT molecular complexity index is 1380. The van der Waals surface area contributed by atoms with E-state index in [2.05, 4.69) is 15.9 Å². The third-order valence-electron chi connectivity index (χ3n) is 6.10. The fourth-order valence-electron chi connectivity index (χ4n) is 4.47. The lowest BCUT2D eigenvalue weighted by atomic mass is 9.90. The van der Waals surface area contributed by atoms with Crippen molar-refractivity contribution in [2.45, 2.75) is 12.1 Å². The minimum absolute atomic E-state index is 0.0360. The van der Waals surface area contributed by atoms with Crippen LogP contribution in [0, 0.1) is 5.82 Å². The number of fused-ring (bicyclic) bond motifs is 1. The molecule has 4 nitrogen and oxygen atoms in total. The monoisotopic (exact) mass is 515 g/mol. The maximum atomic E-state index is 13.9. The molecule has 168 valence electrons. The van der Waals surface area contributed by atoms with E-state index in [-0.39, 0.29) is 23.9 Å². The van der Waals surface area contributed by atoms with E-state index in [0.717, 1.165) is 15.7 Å². The molecule has 0 radical (unpaired) electrons. The number of Topliss-reactive ketones (excluding diaryl/α,β-unsaturated/α-hetero) is 2. The Morgan fingerprint density at radius 3 is 2.24 bits per heavy atom. The average Bonchev–Trinajstić information content (AvgIpc) is 3.32. The average molecular weight is 516 g/mol. The molecule has 0 aliphatic carbocycles. The van der Waals surface area contributed by atoms with Crippen LogP contribution in [0.2, 0.25) is 0 Å². The molecule has 0 unspecified atom stereocenters. The van der Waals surface area contributed by atoms with Crippen molar-refractivity contribution in [1.82, 2.24) is 4.57 Å². The molecule has 2 heterocycles. The van der Waals surface area contributed by atoms with Crippen molar-refractivity contribution in [2.24, 2.45) is 0 Å². The summed E-state index contributed by atoms with van der Waals surface area (Å²) in [6, 6.07) is 25.5. The van der Waals surface area contributed by atoms with Gasteiger partial charge in [-0.05, 0) is 48.5 Å². The summed E-state index contributed by atoms with van der Waals surface area (Å²) in [5, 5.41) is 0. The van der Waals surface area contributed by atoms with Crippen molar-refractivity contribution < 1.29 is 18.6 Å². The largest absolute Gasteiger partial charge is 0.326 e. The van der Waals surface area contributed by atoms with E-state index < -0.39 is 12.1 Å². The third kappa shape index (κ3) is 4.29. The first kappa shape index (κ1) is 22.2. The normalized spacial score (nSPS) is 17.1. The highest BCUT2D eigenvalue weighted by molar-refractivity contribution is 9.10. The number of ketones is 2. The number of halogens is 2. The standard InChI is InChI=1S/C28H21BrFN2O2/c29-22-12-8-21(9-13-22)28(34)27-26(20-5-2-1-3-6-20)31(17-24-7-4-16-32(24)27)18-25(33)19-10-14-23(30)15-11-19/h1-17,26-27H,18H2/q+1/t26-,27+/m1/s1. The van der Waals surface area contributed by atoms with Crippen molar-refractivity contribution in [3.8, 4) is 0 Å². The van der Waals surface area contributed by atoms with Gasteiger partial charge in [-0.15, -0.1) is 0 Å². The molecule has 0 N–H and O–H groups in total. The van der Waals surface area contributed by atoms with Gasteiger partial charge in [-0.3, -0.25) is 9.59 Å². The van der Waals surface area contributed by atoms with E-state index >= 15 is 0 Å². The second kappa shape index (κ2) is 9.31. The zero-order valence-electron chi connectivity index (χ0n) is 18.1. The van der Waals surface area contributed by atoms with Crippen LogP contribution < -0.4 is 0 Å². The highest BCUT2D eigenvalue weighted by Gasteiger charge is 2.43. The van der Waals surface area contributed by atoms with Crippen LogP contribution in [0.15, 0.2) is 102 Å². The van der Waals surface area contributed by atoms with Gasteiger partial charge in [0.2, 0.25) is 18.4 Å². The van der Waals surface area contributed by atoms with E-state index in [4.69, 9.17) is 0 Å². The Balaban J connectivity index is 1.60. The molecular weight excluding hydrogens is 495 g/mol. The number of carbonyl (C=O) groups excluding carboxylic acids is 2. The van der Waals surface area contributed by atoms with Crippen LogP contribution in [-0.2, 0) is 0 Å². The number of rotatable bonds is 6. The Hall–Kier alpha value is -3.64. The SMILES string of the molecule is O=C(C[N+]1=Cc2cccn2[C@H](C(=O)c2ccc(Br)cc2)[C@H]1c1ccccc1)c1ccc(F)cc1. The second-order valence-corrected chi connectivity index (χ2v) is 9.16. The van der Waals surface area contributed by atoms with E-state index in [1.807, 2.05) is 88.3 Å². The lowest BCUT2D eigenvalue weighted by molar-refractivity contribution is -0.563. The zero-order chi connectivity index (χ0) is 23.7. The third-order valence-corrected chi connectivity index (χ3v) is 6.63. The van der Waals surface area contributed by atoms with Crippen LogP contribution in [-0.4, -0.2) is 33.5 Å². The van der Waals surface area contributed by atoms with Crippen molar-refractivity contribution in [3.63, 3.8) is 0 Å². The smallest absolute Gasteiger partial charge is 0.227 e. The summed E-state index contributed by atoms with van der Waals surface area (Å²) in [5.41, 5.74) is 2.80. The lowest BCUT2D eigenvalue weighted by Crippen LogP contribution is -2.40. The molecule has 5 rings (SSSR count). The molecule has 0 saturated carbocycles. The quantitative estimate of drug-likeness (QED) is 0.237. The molecule has 0 amide bonds. The molecule has 4 aromatic rings. The molecule has 0 spiro atoms. The van der Waals surface area contributed by atoms with Crippen molar-refractivity contribution in [1.29, 1.82) is 0 Å². The van der Waals surface area contributed by atoms with Crippen LogP contribution in [0.4, 0.5) is 4.39 Å². The van der Waals surface area contributed by atoms with Gasteiger partial charge in [0, 0.05) is 27.4 Å². The van der Waals surface area contributed by atoms with E-state index in [1.165, 1.54) is 24.3 Å². The summed E-state index contributed by atoms with van der Waals surface area (Å²) in [7, 11) is 0. The fourth-order valence-corrected chi connectivity index (χ4v) is 4.73. The van der Waals surface area contributed by atoms with Crippen LogP contribution in [0.25, 0.3) is 0 Å². The Labute approximate surface area is 205 Å². The maximum Gasteiger partial charge on any atom is 0.227 e. The second-order valence-electron chi connectivity index (χ2n) is 8.24. The van der Waals surface area contributed by atoms with Crippen molar-refractivity contribution >= 4 is 33.7 Å². The Morgan fingerprint density at radius 1 is 0.853 bits per heavy atom. The predicted octanol–water partition coefficient (Wildman–Crippen LogP) is 5.88. The molecule has 0 bridgehead atoms. The van der Waals surface area contributed by atoms with E-state index in [1.54, 1.807) is 0 Å². The number of hydrogen-bond donors (Lipinski definition) is 0. The highest BCUT2D eigenvalue weighted by Crippen LogP contribution is 2.36. The van der Waals surface area contributed by atoms with Crippen LogP contribution in [0.1, 0.15) is 44.1 Å². The number of benzene rings is 3. The summed E-state index contributed by atoms with van der Waals surface area (Å²) >= 11 is 3.43. The summed E-state index contributed by atoms with van der Waals surface area (Å²) < 4.78 is 18.2. The van der Waals surface area contributed by atoms with Crippen LogP contribution in [0.5, 0.6) is 0 Å². The van der Waals surface area contributed by atoms with Gasteiger partial charge in [0.25, 0.3) is 0 Å². The number of nitrogens with zero attached hydrogens (tertiary/aromatic N) is 2. The zero-order valence-corrected chi connectivity index (χ0v) is 19.7. The van der Waals surface area contributed by atoms with E-state index in [0.29, 0.717) is 11.1 Å². The van der Waals surface area contributed by atoms with Gasteiger partial charge in [-0.25, -0.2) is 8.97 Å². The summed E-state index contributed by atoms with van der Waals surface area (Å²) in [6.07, 6.45) is 3.83. The Kier molecular flexibility index (Phi) is 6.07. The minimum atomic E-state index is -0.570. The molecule has 2 atom stereocenters. The van der Waals surface area contributed by atoms with Gasteiger partial charge in [-0.1, -0.05) is 58.4 Å². The molecule has 1 aliphatic heterocycles. The number of aromatic nitrogens is 1. The van der Waals surface area contributed by atoms with Gasteiger partial charge in [-0.2, -0.15) is 0 Å². The van der Waals surface area contributed by atoms with Crippen molar-refractivity contribution in [3.05, 3.63) is 130 Å². The molecule has 0 saturated heterocycles. The van der Waals surface area contributed by atoms with E-state index in [9.17, 15) is 14.0 Å². The molecule has 34 heavy (non-hydrogen) atoms. The first-order valence-corrected chi connectivity index (χ1v) is 11.7. The summed E-state index contributed by atoms with van der Waals surface area (Å²) in [6.45, 7) is 0.0560. The minimum Gasteiger partial charge on any atom is -0.326 e. The van der Waals surface area contributed by atoms with Gasteiger partial charge in [0.05, 0.1) is 0 Å². The van der Waals surface area contributed by atoms with Crippen LogP contribution in [0.3, 0.4) is 0 Å². The highest BCUT2D eigenvalue weighted by atomic mass is 79.9. The lowest BCUT2D eigenvalue weighted by Gasteiger charge is -2.30. The van der Waals surface area contributed by atoms with Gasteiger partial charge < -0.3 is 4.57 Å². The first-order valence-electron chi connectivity index (χ1n) is 10.9. The fraction of sp³-hybridized carbons (Fsp3) is 0.107. The maximum absolute atomic E-state index is 13.9. The first-order chi connectivity index (χ1) is 16.5. The molecular formula is C28H21BrFN2O2+. The topological polar surface area (TPSA) is 42.1 Å². The summed E-state index contributed by atoms with van der Waals surface area (Å²) in [5.74, 6) is -0.570. The number of hydrogen-bond acceptors (Lipinski definition) is 2. The summed E-state index contributed by atoms with van der Waals surface area (Å²) in [4.78, 5) is 27.0. The Morgan fingerprint density at radius 2 is 1.53 bits per heavy atom. The van der Waals surface area contributed by atoms with Gasteiger partial charge in [0.15, 0.2) is 18.0 Å². The van der Waals surface area contributed by atoms with Crippen molar-refractivity contribution in [2.75, 3.05) is 6.54 Å². The molecule has 3 aromatic carbocycles.